The van der Waals surface area contributed by atoms with E-state index in [9.17, 15) is 0 Å². The Morgan fingerprint density at radius 2 is 1.55 bits per heavy atom. The van der Waals surface area contributed by atoms with E-state index >= 15 is 0 Å². The van der Waals surface area contributed by atoms with Gasteiger partial charge in [0.2, 0.25) is 0 Å². The van der Waals surface area contributed by atoms with Gasteiger partial charge in [0.25, 0.3) is 0 Å². The molecule has 0 aromatic heterocycles. The highest BCUT2D eigenvalue weighted by molar-refractivity contribution is 5.48. The van der Waals surface area contributed by atoms with E-state index in [4.69, 9.17) is 0 Å². The number of rotatable bonds is 5. The summed E-state index contributed by atoms with van der Waals surface area (Å²) >= 11 is 0. The highest BCUT2D eigenvalue weighted by Crippen LogP contribution is 2.13. The molecule has 2 aromatic rings. The zero-order valence-corrected chi connectivity index (χ0v) is 12.3. The lowest BCUT2D eigenvalue weighted by atomic mass is 10.1. The van der Waals surface area contributed by atoms with Crippen molar-refractivity contribution in [3.05, 3.63) is 84.1 Å². The number of hydrogen-bond donors (Lipinski definition) is 0. The average Bonchev–Trinajstić information content (AvgIpc) is 2.47. The van der Waals surface area contributed by atoms with E-state index in [1.54, 1.807) is 0 Å². The summed E-state index contributed by atoms with van der Waals surface area (Å²) in [4.78, 5) is 0. The van der Waals surface area contributed by atoms with Gasteiger partial charge < -0.3 is 0 Å². The van der Waals surface area contributed by atoms with E-state index in [0.29, 0.717) is 0 Å². The number of benzene rings is 2. The molecule has 0 amide bonds. The molecule has 0 aliphatic carbocycles. The van der Waals surface area contributed by atoms with Crippen LogP contribution in [0.2, 0.25) is 0 Å². The van der Waals surface area contributed by atoms with E-state index < -0.39 is 0 Å². The van der Waals surface area contributed by atoms with Gasteiger partial charge in [0.1, 0.15) is 6.54 Å². The molecule has 0 bridgehead atoms. The first-order chi connectivity index (χ1) is 9.59. The molecule has 2 rings (SSSR count). The Hall–Kier alpha value is -2.12. The number of nitrogens with zero attached hydrogens (tertiary/aromatic N) is 1. The Morgan fingerprint density at radius 3 is 2.15 bits per heavy atom. The van der Waals surface area contributed by atoms with Crippen molar-refractivity contribution < 1.29 is 4.48 Å². The van der Waals surface area contributed by atoms with Crippen molar-refractivity contribution in [1.82, 2.24) is 0 Å². The van der Waals surface area contributed by atoms with E-state index in [1.807, 2.05) is 12.1 Å². The van der Waals surface area contributed by atoms with Crippen LogP contribution in [-0.4, -0.2) is 18.6 Å². The molecular weight excluding hydrogens is 242 g/mol. The van der Waals surface area contributed by atoms with Gasteiger partial charge in [0.05, 0.1) is 20.3 Å². The second kappa shape index (κ2) is 6.36. The van der Waals surface area contributed by atoms with Crippen LogP contribution >= 0.6 is 0 Å². The molecule has 0 saturated carbocycles. The molecule has 0 saturated heterocycles. The summed E-state index contributed by atoms with van der Waals surface area (Å²) in [6.45, 7) is 4.76. The van der Waals surface area contributed by atoms with Gasteiger partial charge in [-0.05, 0) is 17.2 Å². The fourth-order valence-electron chi connectivity index (χ4n) is 2.13. The van der Waals surface area contributed by atoms with Crippen LogP contribution in [0.15, 0.2) is 67.4 Å². The second-order valence-electron chi connectivity index (χ2n) is 5.61. The Morgan fingerprint density at radius 1 is 0.900 bits per heavy atom. The second-order valence-corrected chi connectivity index (χ2v) is 5.61. The molecule has 0 aliphatic rings. The Bertz CT molecular complexity index is 577. The summed E-state index contributed by atoms with van der Waals surface area (Å²) in [7, 11) is 4.42. The minimum atomic E-state index is 0.822. The predicted octanol–water partition coefficient (Wildman–Crippen LogP) is 4.58. The SMILES string of the molecule is C=Cc1ccc(C[N+](C)(C)C=Cc2ccccc2)cc1. The smallest absolute Gasteiger partial charge is 0.108 e. The fourth-order valence-corrected chi connectivity index (χ4v) is 2.13. The van der Waals surface area contributed by atoms with E-state index in [0.717, 1.165) is 11.0 Å². The van der Waals surface area contributed by atoms with Crippen LogP contribution in [0.4, 0.5) is 0 Å². The van der Waals surface area contributed by atoms with Crippen molar-refractivity contribution in [1.29, 1.82) is 0 Å². The van der Waals surface area contributed by atoms with Gasteiger partial charge in [-0.2, -0.15) is 0 Å². The topological polar surface area (TPSA) is 0 Å². The summed E-state index contributed by atoms with van der Waals surface area (Å²) in [6.07, 6.45) is 6.29. The maximum Gasteiger partial charge on any atom is 0.108 e. The van der Waals surface area contributed by atoms with Crippen LogP contribution in [0.3, 0.4) is 0 Å². The third-order valence-corrected chi connectivity index (χ3v) is 3.28. The molecule has 0 atom stereocenters. The van der Waals surface area contributed by atoms with E-state index in [1.165, 1.54) is 16.7 Å². The summed E-state index contributed by atoms with van der Waals surface area (Å²) < 4.78 is 0.822. The predicted molar refractivity (Wildman–Crippen MR) is 87.8 cm³/mol. The summed E-state index contributed by atoms with van der Waals surface area (Å²) in [5, 5.41) is 0. The monoisotopic (exact) mass is 264 g/mol. The minimum absolute atomic E-state index is 0.822. The zero-order valence-electron chi connectivity index (χ0n) is 12.3. The van der Waals surface area contributed by atoms with Crippen LogP contribution in [0.1, 0.15) is 16.7 Å². The lowest BCUT2D eigenvalue weighted by Gasteiger charge is -2.25. The van der Waals surface area contributed by atoms with Crippen LogP contribution in [-0.2, 0) is 6.54 Å². The third-order valence-electron chi connectivity index (χ3n) is 3.28. The van der Waals surface area contributed by atoms with Gasteiger partial charge in [-0.3, -0.25) is 4.48 Å². The molecule has 0 spiro atoms. The molecular formula is C19H22N+. The molecule has 102 valence electrons. The Kier molecular flexibility index (Phi) is 4.54. The van der Waals surface area contributed by atoms with E-state index in [2.05, 4.69) is 81.5 Å². The van der Waals surface area contributed by atoms with Crippen molar-refractivity contribution >= 4 is 12.2 Å². The Labute approximate surface area is 122 Å². The first kappa shape index (κ1) is 14.3. The average molecular weight is 264 g/mol. The van der Waals surface area contributed by atoms with Crippen LogP contribution in [0.5, 0.6) is 0 Å². The third kappa shape index (κ3) is 4.22. The molecule has 0 radical (unpaired) electrons. The molecule has 1 nitrogen and oxygen atoms in total. The van der Waals surface area contributed by atoms with Crippen molar-refractivity contribution in [2.75, 3.05) is 14.1 Å². The first-order valence-electron chi connectivity index (χ1n) is 6.87. The summed E-state index contributed by atoms with van der Waals surface area (Å²) in [5.74, 6) is 0. The standard InChI is InChI=1S/C19H22N/c1-4-17-10-12-19(13-11-17)16-20(2,3)15-14-18-8-6-5-7-9-18/h4-15H,1,16H2,2-3H3/q+1. The van der Waals surface area contributed by atoms with Crippen LogP contribution < -0.4 is 0 Å². The van der Waals surface area contributed by atoms with Gasteiger partial charge >= 0.3 is 0 Å². The highest BCUT2D eigenvalue weighted by Gasteiger charge is 2.12. The molecule has 2 aromatic carbocycles. The fraction of sp³-hybridized carbons (Fsp3) is 0.158. The molecule has 0 unspecified atom stereocenters. The van der Waals surface area contributed by atoms with Gasteiger partial charge in [-0.1, -0.05) is 67.3 Å². The van der Waals surface area contributed by atoms with Crippen molar-refractivity contribution in [2.24, 2.45) is 0 Å². The van der Waals surface area contributed by atoms with Gasteiger partial charge in [-0.15, -0.1) is 0 Å². The van der Waals surface area contributed by atoms with Crippen LogP contribution in [0.25, 0.3) is 12.2 Å². The molecule has 1 heteroatoms. The quantitative estimate of drug-likeness (QED) is 0.694. The normalized spacial score (nSPS) is 11.7. The minimum Gasteiger partial charge on any atom is -0.298 e. The van der Waals surface area contributed by atoms with Gasteiger partial charge in [0.15, 0.2) is 0 Å². The van der Waals surface area contributed by atoms with Gasteiger partial charge in [-0.25, -0.2) is 0 Å². The molecule has 20 heavy (non-hydrogen) atoms. The summed E-state index contributed by atoms with van der Waals surface area (Å²) in [6, 6.07) is 19.0. The molecule has 0 aliphatic heterocycles. The molecule has 0 heterocycles. The first-order valence-corrected chi connectivity index (χ1v) is 6.87. The maximum absolute atomic E-state index is 3.78. The Balaban J connectivity index is 2.06. The lowest BCUT2D eigenvalue weighted by molar-refractivity contribution is -0.852. The zero-order chi connectivity index (χ0) is 14.4. The maximum atomic E-state index is 3.78. The summed E-state index contributed by atoms with van der Waals surface area (Å²) in [5.41, 5.74) is 3.73. The number of quaternary nitrogens is 1. The largest absolute Gasteiger partial charge is 0.298 e. The van der Waals surface area contributed by atoms with E-state index in [-0.39, 0.29) is 0 Å². The molecule has 0 N–H and O–H groups in total. The number of hydrogen-bond acceptors (Lipinski definition) is 0. The van der Waals surface area contributed by atoms with Crippen molar-refractivity contribution in [3.8, 4) is 0 Å². The van der Waals surface area contributed by atoms with Crippen LogP contribution in [0, 0.1) is 0 Å². The lowest BCUT2D eigenvalue weighted by Crippen LogP contribution is -2.32. The molecule has 0 fully saturated rings. The highest BCUT2D eigenvalue weighted by atomic mass is 15.3. The van der Waals surface area contributed by atoms with Crippen molar-refractivity contribution in [2.45, 2.75) is 6.54 Å². The van der Waals surface area contributed by atoms with Crippen molar-refractivity contribution in [3.63, 3.8) is 0 Å². The van der Waals surface area contributed by atoms with Gasteiger partial charge in [0, 0.05) is 5.56 Å².